The molecule has 0 bridgehead atoms. The van der Waals surface area contributed by atoms with Gasteiger partial charge < -0.3 is 10.5 Å². The summed E-state index contributed by atoms with van der Waals surface area (Å²) in [6, 6.07) is 0.261. The van der Waals surface area contributed by atoms with Gasteiger partial charge in [0.05, 0.1) is 18.1 Å². The van der Waals surface area contributed by atoms with Gasteiger partial charge in [-0.2, -0.15) is 0 Å². The molecule has 1 atom stereocenters. The van der Waals surface area contributed by atoms with E-state index in [0.717, 1.165) is 13.0 Å². The number of ether oxygens (including phenoxy) is 1. The summed E-state index contributed by atoms with van der Waals surface area (Å²) in [5.74, 6) is 0.476. The van der Waals surface area contributed by atoms with E-state index in [1.54, 1.807) is 7.11 Å². The van der Waals surface area contributed by atoms with Crippen molar-refractivity contribution in [1.82, 2.24) is 4.90 Å². The van der Waals surface area contributed by atoms with Gasteiger partial charge in [0.1, 0.15) is 0 Å². The first-order valence-electron chi connectivity index (χ1n) is 6.53. The Hall–Kier alpha value is -0.170. The second-order valence-corrected chi connectivity index (χ2v) is 7.59. The third-order valence-electron chi connectivity index (χ3n) is 3.73. The number of nitrogens with two attached hydrogens (primary N) is 1. The van der Waals surface area contributed by atoms with E-state index in [1.165, 1.54) is 0 Å². The molecular formula is C12H26N2O3S. The van der Waals surface area contributed by atoms with Gasteiger partial charge in [0.25, 0.3) is 0 Å². The van der Waals surface area contributed by atoms with Crippen molar-refractivity contribution in [3.63, 3.8) is 0 Å². The summed E-state index contributed by atoms with van der Waals surface area (Å²) in [5, 5.41) is 0. The van der Waals surface area contributed by atoms with Crippen LogP contribution in [0.3, 0.4) is 0 Å². The van der Waals surface area contributed by atoms with Crippen molar-refractivity contribution in [2.45, 2.75) is 38.3 Å². The summed E-state index contributed by atoms with van der Waals surface area (Å²) in [6.07, 6.45) is 1.56. The molecule has 0 aromatic rings. The van der Waals surface area contributed by atoms with E-state index in [2.05, 4.69) is 18.7 Å². The number of nitrogens with zero attached hydrogens (tertiary/aromatic N) is 1. The van der Waals surface area contributed by atoms with E-state index in [9.17, 15) is 8.42 Å². The molecule has 0 aromatic carbocycles. The van der Waals surface area contributed by atoms with Crippen LogP contribution in [0.25, 0.3) is 0 Å². The lowest BCUT2D eigenvalue weighted by Gasteiger charge is -2.47. The Morgan fingerprint density at radius 2 is 2.11 bits per heavy atom. The van der Waals surface area contributed by atoms with Crippen LogP contribution in [0.5, 0.6) is 0 Å². The van der Waals surface area contributed by atoms with E-state index >= 15 is 0 Å². The molecule has 0 spiro atoms. The average Bonchev–Trinajstić information content (AvgIpc) is 2.27. The molecule has 1 aliphatic heterocycles. The molecule has 1 unspecified atom stereocenters. The first kappa shape index (κ1) is 15.9. The SMILES string of the molecule is COCCN(C(C)C)C1(CN)CCCS(=O)(=O)C1. The minimum Gasteiger partial charge on any atom is -0.383 e. The van der Waals surface area contributed by atoms with Crippen molar-refractivity contribution in [3.8, 4) is 0 Å². The molecule has 1 saturated heterocycles. The summed E-state index contributed by atoms with van der Waals surface area (Å²) in [6.45, 7) is 5.86. The largest absolute Gasteiger partial charge is 0.383 e. The van der Waals surface area contributed by atoms with Crippen LogP contribution in [-0.2, 0) is 14.6 Å². The second kappa shape index (κ2) is 6.32. The van der Waals surface area contributed by atoms with Crippen LogP contribution >= 0.6 is 0 Å². The Morgan fingerprint density at radius 3 is 2.56 bits per heavy atom. The Morgan fingerprint density at radius 1 is 1.44 bits per heavy atom. The van der Waals surface area contributed by atoms with Gasteiger partial charge in [-0.1, -0.05) is 0 Å². The molecular weight excluding hydrogens is 252 g/mol. The fourth-order valence-electron chi connectivity index (χ4n) is 2.91. The fraction of sp³-hybridized carbons (Fsp3) is 1.00. The molecule has 18 heavy (non-hydrogen) atoms. The lowest BCUT2D eigenvalue weighted by molar-refractivity contribution is 0.0391. The van der Waals surface area contributed by atoms with Crippen molar-refractivity contribution < 1.29 is 13.2 Å². The quantitative estimate of drug-likeness (QED) is 0.754. The minimum atomic E-state index is -2.97. The maximum Gasteiger partial charge on any atom is 0.152 e. The Kier molecular flexibility index (Phi) is 5.58. The maximum absolute atomic E-state index is 11.9. The lowest BCUT2D eigenvalue weighted by Crippen LogP contribution is -2.62. The van der Waals surface area contributed by atoms with Crippen molar-refractivity contribution >= 4 is 9.84 Å². The van der Waals surface area contributed by atoms with E-state index in [4.69, 9.17) is 10.5 Å². The zero-order chi connectivity index (χ0) is 13.8. The first-order valence-corrected chi connectivity index (χ1v) is 8.35. The highest BCUT2D eigenvalue weighted by Gasteiger charge is 2.43. The van der Waals surface area contributed by atoms with Crippen molar-refractivity contribution in [3.05, 3.63) is 0 Å². The highest BCUT2D eigenvalue weighted by atomic mass is 32.2. The number of hydrogen-bond donors (Lipinski definition) is 1. The minimum absolute atomic E-state index is 0.179. The number of methoxy groups -OCH3 is 1. The smallest absolute Gasteiger partial charge is 0.152 e. The van der Waals surface area contributed by atoms with Crippen LogP contribution in [0, 0.1) is 0 Å². The second-order valence-electron chi connectivity index (χ2n) is 5.40. The van der Waals surface area contributed by atoms with Gasteiger partial charge in [-0.05, 0) is 26.7 Å². The molecule has 108 valence electrons. The van der Waals surface area contributed by atoms with Gasteiger partial charge in [-0.3, -0.25) is 4.90 Å². The predicted molar refractivity (Wildman–Crippen MR) is 73.4 cm³/mol. The summed E-state index contributed by atoms with van der Waals surface area (Å²) >= 11 is 0. The Bertz CT molecular complexity index is 356. The van der Waals surface area contributed by atoms with Crippen LogP contribution in [0.4, 0.5) is 0 Å². The van der Waals surface area contributed by atoms with Crippen LogP contribution in [0.15, 0.2) is 0 Å². The molecule has 0 aliphatic carbocycles. The summed E-state index contributed by atoms with van der Waals surface area (Å²) in [5.41, 5.74) is 5.51. The Balaban J connectivity index is 2.95. The van der Waals surface area contributed by atoms with Crippen molar-refractivity contribution in [2.24, 2.45) is 5.73 Å². The van der Waals surface area contributed by atoms with Gasteiger partial charge in [-0.15, -0.1) is 0 Å². The number of sulfone groups is 1. The zero-order valence-corrected chi connectivity index (χ0v) is 12.5. The van der Waals surface area contributed by atoms with Gasteiger partial charge >= 0.3 is 0 Å². The predicted octanol–water partition coefficient (Wildman–Crippen LogP) is 0.249. The molecule has 5 nitrogen and oxygen atoms in total. The van der Waals surface area contributed by atoms with E-state index in [0.29, 0.717) is 25.3 Å². The van der Waals surface area contributed by atoms with Gasteiger partial charge in [0.15, 0.2) is 9.84 Å². The van der Waals surface area contributed by atoms with Crippen molar-refractivity contribution in [2.75, 3.05) is 38.3 Å². The molecule has 1 heterocycles. The van der Waals surface area contributed by atoms with Crippen LogP contribution in [-0.4, -0.2) is 63.2 Å². The third-order valence-corrected chi connectivity index (χ3v) is 5.62. The molecule has 0 radical (unpaired) electrons. The fourth-order valence-corrected chi connectivity index (χ4v) is 4.89. The van der Waals surface area contributed by atoms with E-state index in [-0.39, 0.29) is 11.8 Å². The standard InChI is InChI=1S/C12H26N2O3S/c1-11(2)14(6-7-17-3)12(9-13)5-4-8-18(15,16)10-12/h11H,4-10,13H2,1-3H3. The highest BCUT2D eigenvalue weighted by molar-refractivity contribution is 7.91. The van der Waals surface area contributed by atoms with Crippen LogP contribution in [0.1, 0.15) is 26.7 Å². The van der Waals surface area contributed by atoms with Crippen LogP contribution < -0.4 is 5.73 Å². The lowest BCUT2D eigenvalue weighted by atomic mass is 9.91. The van der Waals surface area contributed by atoms with Gasteiger partial charge in [0, 0.05) is 31.8 Å². The summed E-state index contributed by atoms with van der Waals surface area (Å²) in [7, 11) is -1.31. The normalized spacial score (nSPS) is 27.9. The average molecular weight is 278 g/mol. The maximum atomic E-state index is 11.9. The van der Waals surface area contributed by atoms with Gasteiger partial charge in [-0.25, -0.2) is 8.42 Å². The molecule has 0 saturated carbocycles. The third kappa shape index (κ3) is 3.66. The summed E-state index contributed by atoms with van der Waals surface area (Å²) < 4.78 is 28.9. The first-order chi connectivity index (χ1) is 8.37. The Labute approximate surface area is 111 Å². The highest BCUT2D eigenvalue weighted by Crippen LogP contribution is 2.30. The summed E-state index contributed by atoms with van der Waals surface area (Å²) in [4.78, 5) is 2.20. The number of rotatable bonds is 6. The monoisotopic (exact) mass is 278 g/mol. The number of hydrogen-bond acceptors (Lipinski definition) is 5. The topological polar surface area (TPSA) is 72.6 Å². The van der Waals surface area contributed by atoms with Crippen LogP contribution in [0.2, 0.25) is 0 Å². The molecule has 6 heteroatoms. The molecule has 0 amide bonds. The molecule has 0 aromatic heterocycles. The molecule has 1 aliphatic rings. The zero-order valence-electron chi connectivity index (χ0n) is 11.7. The van der Waals surface area contributed by atoms with E-state index < -0.39 is 15.4 Å². The van der Waals surface area contributed by atoms with Gasteiger partial charge in [0.2, 0.25) is 0 Å². The molecule has 1 fully saturated rings. The molecule has 1 rings (SSSR count). The van der Waals surface area contributed by atoms with Crippen molar-refractivity contribution in [1.29, 1.82) is 0 Å². The molecule has 2 N–H and O–H groups in total. The van der Waals surface area contributed by atoms with E-state index in [1.807, 2.05) is 0 Å².